The smallest absolute Gasteiger partial charge is 0.343 e. The second-order valence-electron chi connectivity index (χ2n) is 9.02. The van der Waals surface area contributed by atoms with Crippen molar-refractivity contribution in [3.05, 3.63) is 63.7 Å². The van der Waals surface area contributed by atoms with E-state index in [1.807, 2.05) is 18.2 Å². The summed E-state index contributed by atoms with van der Waals surface area (Å²) in [4.78, 5) is 13.0. The lowest BCUT2D eigenvalue weighted by Crippen LogP contribution is -2.17. The van der Waals surface area contributed by atoms with Crippen molar-refractivity contribution in [3.63, 3.8) is 0 Å². The van der Waals surface area contributed by atoms with Crippen molar-refractivity contribution in [2.24, 2.45) is 17.8 Å². The number of aromatic hydroxyl groups is 1. The first-order valence-corrected chi connectivity index (χ1v) is 10.6. The topological polar surface area (TPSA) is 50.4 Å². The maximum absolute atomic E-state index is 13.0. The molecule has 1 heterocycles. The molecule has 3 saturated carbocycles. The maximum atomic E-state index is 13.0. The minimum Gasteiger partial charge on any atom is -0.507 e. The molecule has 0 amide bonds. The van der Waals surface area contributed by atoms with Gasteiger partial charge in [-0.2, -0.15) is 0 Å². The van der Waals surface area contributed by atoms with Crippen molar-refractivity contribution in [2.45, 2.75) is 63.2 Å². The minimum atomic E-state index is -0.331. The van der Waals surface area contributed by atoms with Gasteiger partial charge in [0.15, 0.2) is 0 Å². The van der Waals surface area contributed by atoms with Gasteiger partial charge in [0.1, 0.15) is 11.5 Å². The van der Waals surface area contributed by atoms with Crippen LogP contribution in [0, 0.1) is 17.8 Å². The lowest BCUT2D eigenvalue weighted by atomic mass is 9.86. The van der Waals surface area contributed by atoms with Crippen LogP contribution >= 0.6 is 0 Å². The van der Waals surface area contributed by atoms with E-state index in [-0.39, 0.29) is 23.2 Å². The molecule has 0 saturated heterocycles. The highest BCUT2D eigenvalue weighted by molar-refractivity contribution is 5.41. The van der Waals surface area contributed by atoms with Gasteiger partial charge in [-0.15, -0.1) is 0 Å². The van der Waals surface area contributed by atoms with E-state index in [4.69, 9.17) is 4.42 Å². The van der Waals surface area contributed by atoms with Crippen molar-refractivity contribution in [2.75, 3.05) is 0 Å². The molecule has 1 N–H and O–H groups in total. The second kappa shape index (κ2) is 6.85. The molecule has 3 aliphatic rings. The van der Waals surface area contributed by atoms with Crippen molar-refractivity contribution in [3.8, 4) is 5.75 Å². The summed E-state index contributed by atoms with van der Waals surface area (Å²) >= 11 is 0. The Morgan fingerprint density at radius 1 is 0.963 bits per heavy atom. The Kier molecular flexibility index (Phi) is 4.34. The summed E-state index contributed by atoms with van der Waals surface area (Å²) in [6.45, 7) is 0. The molecule has 0 radical (unpaired) electrons. The van der Waals surface area contributed by atoms with Crippen molar-refractivity contribution in [1.29, 1.82) is 0 Å². The molecular formula is C24H28O3. The van der Waals surface area contributed by atoms with Crippen LogP contribution < -0.4 is 5.63 Å². The highest BCUT2D eigenvalue weighted by Crippen LogP contribution is 2.49. The normalized spacial score (nSPS) is 20.8. The highest BCUT2D eigenvalue weighted by atomic mass is 16.4. The Balaban J connectivity index is 1.49. The largest absolute Gasteiger partial charge is 0.507 e. The van der Waals surface area contributed by atoms with Gasteiger partial charge in [-0.25, -0.2) is 4.79 Å². The Bertz CT molecular complexity index is 843. The average molecular weight is 364 g/mol. The molecule has 1 aromatic heterocycles. The Hall–Kier alpha value is -2.03. The van der Waals surface area contributed by atoms with Crippen LogP contribution in [0.1, 0.15) is 80.1 Å². The van der Waals surface area contributed by atoms with Crippen LogP contribution in [0.2, 0.25) is 0 Å². The molecule has 1 unspecified atom stereocenters. The number of benzene rings is 1. The molecule has 27 heavy (non-hydrogen) atoms. The fourth-order valence-electron chi connectivity index (χ4n) is 4.60. The third kappa shape index (κ3) is 3.83. The van der Waals surface area contributed by atoms with Crippen molar-refractivity contribution < 1.29 is 9.52 Å². The summed E-state index contributed by atoms with van der Waals surface area (Å²) in [5.74, 6) is 3.08. The zero-order valence-corrected chi connectivity index (χ0v) is 15.8. The second-order valence-corrected chi connectivity index (χ2v) is 9.02. The molecule has 3 heteroatoms. The molecule has 1 atom stereocenters. The molecule has 0 aliphatic heterocycles. The zero-order valence-electron chi connectivity index (χ0n) is 15.8. The minimum absolute atomic E-state index is 0.0539. The summed E-state index contributed by atoms with van der Waals surface area (Å²) in [6.07, 6.45) is 9.60. The first-order valence-electron chi connectivity index (χ1n) is 10.6. The van der Waals surface area contributed by atoms with Gasteiger partial charge in [0.05, 0.1) is 5.56 Å². The summed E-state index contributed by atoms with van der Waals surface area (Å²) < 4.78 is 5.87. The van der Waals surface area contributed by atoms with E-state index in [9.17, 15) is 9.90 Å². The van der Waals surface area contributed by atoms with E-state index in [1.165, 1.54) is 25.7 Å². The Morgan fingerprint density at radius 2 is 1.59 bits per heavy atom. The van der Waals surface area contributed by atoms with Crippen molar-refractivity contribution >= 4 is 0 Å². The summed E-state index contributed by atoms with van der Waals surface area (Å²) in [6, 6.07) is 11.9. The molecule has 3 nitrogen and oxygen atoms in total. The van der Waals surface area contributed by atoms with Gasteiger partial charge in [-0.05, 0) is 49.0 Å². The number of hydrogen-bond acceptors (Lipinski definition) is 3. The first kappa shape index (κ1) is 17.1. The van der Waals surface area contributed by atoms with Crippen LogP contribution in [0.5, 0.6) is 5.75 Å². The summed E-state index contributed by atoms with van der Waals surface area (Å²) in [5, 5.41) is 10.9. The van der Waals surface area contributed by atoms with Crippen LogP contribution in [0.25, 0.3) is 0 Å². The molecule has 3 fully saturated rings. The highest BCUT2D eigenvalue weighted by Gasteiger charge is 2.38. The van der Waals surface area contributed by atoms with Crippen LogP contribution in [0.3, 0.4) is 0 Å². The van der Waals surface area contributed by atoms with Crippen molar-refractivity contribution in [1.82, 2.24) is 0 Å². The van der Waals surface area contributed by atoms with E-state index >= 15 is 0 Å². The van der Waals surface area contributed by atoms with Gasteiger partial charge in [-0.1, -0.05) is 56.0 Å². The van der Waals surface area contributed by atoms with Gasteiger partial charge >= 0.3 is 5.63 Å². The molecule has 5 rings (SSSR count). The molecular weight excluding hydrogens is 336 g/mol. The van der Waals surface area contributed by atoms with Gasteiger partial charge in [0.25, 0.3) is 0 Å². The molecule has 0 spiro atoms. The SMILES string of the molecule is O=c1oc(C(CC2CC2)CC2CC2)cc(O)c1C(c1ccccc1)C1CC1. The van der Waals surface area contributed by atoms with Gasteiger partial charge in [0, 0.05) is 17.9 Å². The van der Waals surface area contributed by atoms with Crippen LogP contribution in [0.4, 0.5) is 0 Å². The molecule has 0 bridgehead atoms. The van der Waals surface area contributed by atoms with Gasteiger partial charge in [0.2, 0.25) is 0 Å². The summed E-state index contributed by atoms with van der Waals surface area (Å²) in [7, 11) is 0. The third-order valence-corrected chi connectivity index (χ3v) is 6.58. The monoisotopic (exact) mass is 364 g/mol. The van der Waals surface area contributed by atoms with Gasteiger partial charge in [-0.3, -0.25) is 0 Å². The molecule has 1 aromatic carbocycles. The standard InChI is InChI=1S/C24H28O3/c25-20-14-21(19(12-15-6-7-15)13-16-8-9-16)27-24(26)23(20)22(18-10-11-18)17-4-2-1-3-5-17/h1-5,14-16,18-19,22,25H,6-13H2. The molecule has 142 valence electrons. The zero-order chi connectivity index (χ0) is 18.4. The number of rotatable bonds is 8. The predicted octanol–water partition coefficient (Wildman–Crippen LogP) is 5.57. The Labute approximate surface area is 160 Å². The third-order valence-electron chi connectivity index (χ3n) is 6.58. The summed E-state index contributed by atoms with van der Waals surface area (Å²) in [5.41, 5.74) is 1.23. The fraction of sp³-hybridized carbons (Fsp3) is 0.542. The van der Waals surface area contributed by atoms with Crippen LogP contribution in [-0.2, 0) is 0 Å². The van der Waals surface area contributed by atoms with E-state index in [0.29, 0.717) is 17.2 Å². The van der Waals surface area contributed by atoms with E-state index in [2.05, 4.69) is 12.1 Å². The fourth-order valence-corrected chi connectivity index (χ4v) is 4.60. The van der Waals surface area contributed by atoms with E-state index < -0.39 is 0 Å². The maximum Gasteiger partial charge on any atom is 0.343 e. The van der Waals surface area contributed by atoms with Crippen LogP contribution in [-0.4, -0.2) is 5.11 Å². The van der Waals surface area contributed by atoms with E-state index in [0.717, 1.165) is 43.1 Å². The predicted molar refractivity (Wildman–Crippen MR) is 105 cm³/mol. The van der Waals surface area contributed by atoms with Gasteiger partial charge < -0.3 is 9.52 Å². The van der Waals surface area contributed by atoms with E-state index in [1.54, 1.807) is 6.07 Å². The lowest BCUT2D eigenvalue weighted by molar-refractivity contribution is 0.357. The first-order chi connectivity index (χ1) is 13.2. The van der Waals surface area contributed by atoms with Crippen LogP contribution in [0.15, 0.2) is 45.6 Å². The molecule has 2 aromatic rings. The molecule has 3 aliphatic carbocycles. The number of hydrogen-bond donors (Lipinski definition) is 1. The lowest BCUT2D eigenvalue weighted by Gasteiger charge is -2.20. The Morgan fingerprint density at radius 3 is 2.11 bits per heavy atom. The average Bonchev–Trinajstić information content (AvgIpc) is 3.52. The quantitative estimate of drug-likeness (QED) is 0.666.